The van der Waals surface area contributed by atoms with Gasteiger partial charge in [0.2, 0.25) is 0 Å². The van der Waals surface area contributed by atoms with E-state index in [1.165, 1.54) is 16.7 Å². The molecule has 0 aliphatic rings. The van der Waals surface area contributed by atoms with Gasteiger partial charge in [0, 0.05) is 5.56 Å². The predicted octanol–water partition coefficient (Wildman–Crippen LogP) is 5.74. The van der Waals surface area contributed by atoms with Crippen molar-refractivity contribution in [3.8, 4) is 22.9 Å². The molecule has 0 fully saturated rings. The lowest BCUT2D eigenvalue weighted by atomic mass is 10.1. The van der Waals surface area contributed by atoms with E-state index in [2.05, 4.69) is 62.2 Å². The van der Waals surface area contributed by atoms with E-state index >= 15 is 0 Å². The van der Waals surface area contributed by atoms with E-state index in [1.807, 2.05) is 18.2 Å². The largest absolute Gasteiger partial charge is 0.493 e. The van der Waals surface area contributed by atoms with Crippen LogP contribution >= 0.6 is 0 Å². The number of aryl methyl sites for hydroxylation is 3. The quantitative estimate of drug-likeness (QED) is 0.486. The van der Waals surface area contributed by atoms with E-state index in [0.29, 0.717) is 18.1 Å². The third-order valence-electron chi connectivity index (χ3n) is 5.05. The van der Waals surface area contributed by atoms with Gasteiger partial charge < -0.3 is 14.5 Å². The number of H-pyrrole nitrogens is 1. The summed E-state index contributed by atoms with van der Waals surface area (Å²) in [5, 5.41) is 0. The number of aromatic nitrogens is 2. The van der Waals surface area contributed by atoms with Crippen molar-refractivity contribution in [2.75, 3.05) is 7.11 Å². The summed E-state index contributed by atoms with van der Waals surface area (Å²) in [7, 11) is 1.65. The molecule has 1 heterocycles. The highest BCUT2D eigenvalue weighted by molar-refractivity contribution is 5.81. The van der Waals surface area contributed by atoms with Gasteiger partial charge in [-0.3, -0.25) is 0 Å². The van der Waals surface area contributed by atoms with Crippen molar-refractivity contribution in [3.05, 3.63) is 76.9 Å². The molecule has 4 heteroatoms. The van der Waals surface area contributed by atoms with Crippen molar-refractivity contribution in [1.82, 2.24) is 9.97 Å². The first-order valence-electron chi connectivity index (χ1n) is 9.37. The first kappa shape index (κ1) is 18.1. The van der Waals surface area contributed by atoms with Gasteiger partial charge in [0.1, 0.15) is 12.4 Å². The van der Waals surface area contributed by atoms with Gasteiger partial charge in [0.05, 0.1) is 18.1 Å². The van der Waals surface area contributed by atoms with Gasteiger partial charge in [-0.25, -0.2) is 4.98 Å². The fourth-order valence-corrected chi connectivity index (χ4v) is 3.19. The van der Waals surface area contributed by atoms with Crippen molar-refractivity contribution < 1.29 is 9.47 Å². The minimum Gasteiger partial charge on any atom is -0.493 e. The highest BCUT2D eigenvalue weighted by Crippen LogP contribution is 2.33. The van der Waals surface area contributed by atoms with Crippen LogP contribution in [0, 0.1) is 20.8 Å². The number of benzene rings is 3. The van der Waals surface area contributed by atoms with Crippen LogP contribution in [-0.4, -0.2) is 17.1 Å². The van der Waals surface area contributed by atoms with E-state index < -0.39 is 0 Å². The molecule has 4 aromatic rings. The highest BCUT2D eigenvalue weighted by atomic mass is 16.5. The molecular formula is C24H24N2O2. The molecule has 0 aliphatic carbocycles. The Morgan fingerprint density at radius 3 is 2.36 bits per heavy atom. The molecule has 4 rings (SSSR count). The van der Waals surface area contributed by atoms with E-state index in [0.717, 1.165) is 28.0 Å². The molecule has 1 aromatic heterocycles. The van der Waals surface area contributed by atoms with Crippen LogP contribution in [0.4, 0.5) is 0 Å². The van der Waals surface area contributed by atoms with Crippen LogP contribution in [-0.2, 0) is 6.61 Å². The molecule has 0 spiro atoms. The number of nitrogens with one attached hydrogen (secondary N) is 1. The topological polar surface area (TPSA) is 47.1 Å². The standard InChI is InChI=1S/C24H24N2O2/c1-15-5-7-18(8-6-15)14-28-23-13-19(9-10-22(23)27-4)24-25-20-11-16(2)17(3)12-21(20)26-24/h5-13H,14H2,1-4H3,(H,25,26). The number of nitrogens with zero attached hydrogens (tertiary/aromatic N) is 1. The number of hydrogen-bond donors (Lipinski definition) is 1. The van der Waals surface area contributed by atoms with Gasteiger partial charge in [-0.15, -0.1) is 0 Å². The Labute approximate surface area is 165 Å². The van der Waals surface area contributed by atoms with Crippen molar-refractivity contribution >= 4 is 11.0 Å². The molecule has 3 aromatic carbocycles. The summed E-state index contributed by atoms with van der Waals surface area (Å²) in [6.45, 7) is 6.78. The summed E-state index contributed by atoms with van der Waals surface area (Å²) in [6.07, 6.45) is 0. The minimum absolute atomic E-state index is 0.485. The second-order valence-corrected chi connectivity index (χ2v) is 7.18. The summed E-state index contributed by atoms with van der Waals surface area (Å²) in [5.41, 5.74) is 7.81. The molecule has 1 N–H and O–H groups in total. The van der Waals surface area contributed by atoms with Crippen LogP contribution in [0.3, 0.4) is 0 Å². The second kappa shape index (κ2) is 7.39. The minimum atomic E-state index is 0.485. The Balaban J connectivity index is 1.65. The van der Waals surface area contributed by atoms with Crippen molar-refractivity contribution in [2.24, 2.45) is 0 Å². The lowest BCUT2D eigenvalue weighted by molar-refractivity contribution is 0.284. The number of imidazole rings is 1. The molecule has 0 radical (unpaired) electrons. The average Bonchev–Trinajstić information content (AvgIpc) is 3.10. The zero-order chi connectivity index (χ0) is 19.7. The van der Waals surface area contributed by atoms with E-state index in [1.54, 1.807) is 7.11 Å². The van der Waals surface area contributed by atoms with Crippen molar-refractivity contribution in [1.29, 1.82) is 0 Å². The lowest BCUT2D eigenvalue weighted by Gasteiger charge is -2.12. The summed E-state index contributed by atoms with van der Waals surface area (Å²) in [5.74, 6) is 2.23. The molecular weight excluding hydrogens is 348 g/mol. The number of methoxy groups -OCH3 is 1. The smallest absolute Gasteiger partial charge is 0.162 e. The van der Waals surface area contributed by atoms with E-state index in [4.69, 9.17) is 14.5 Å². The molecule has 4 nitrogen and oxygen atoms in total. The average molecular weight is 372 g/mol. The molecule has 0 saturated heterocycles. The number of ether oxygens (including phenoxy) is 2. The van der Waals surface area contributed by atoms with Crippen molar-refractivity contribution in [2.45, 2.75) is 27.4 Å². The molecule has 0 aliphatic heterocycles. The van der Waals surface area contributed by atoms with Gasteiger partial charge in [0.25, 0.3) is 0 Å². The normalized spacial score (nSPS) is 11.0. The Bertz CT molecular complexity index is 1090. The third kappa shape index (κ3) is 3.58. The van der Waals surface area contributed by atoms with Gasteiger partial charge in [-0.1, -0.05) is 29.8 Å². The van der Waals surface area contributed by atoms with Crippen LogP contribution in [0.25, 0.3) is 22.4 Å². The van der Waals surface area contributed by atoms with Crippen LogP contribution in [0.1, 0.15) is 22.3 Å². The molecule has 28 heavy (non-hydrogen) atoms. The fraction of sp³-hybridized carbons (Fsp3) is 0.208. The van der Waals surface area contributed by atoms with Gasteiger partial charge in [-0.2, -0.15) is 0 Å². The number of hydrogen-bond acceptors (Lipinski definition) is 3. The van der Waals surface area contributed by atoms with Gasteiger partial charge in [-0.05, 0) is 67.8 Å². The molecule has 0 saturated carbocycles. The molecule has 0 bridgehead atoms. The maximum atomic E-state index is 6.06. The fourth-order valence-electron chi connectivity index (χ4n) is 3.19. The lowest BCUT2D eigenvalue weighted by Crippen LogP contribution is -1.98. The Hall–Kier alpha value is -3.27. The first-order chi connectivity index (χ1) is 13.5. The molecule has 0 atom stereocenters. The Morgan fingerprint density at radius 1 is 0.857 bits per heavy atom. The molecule has 142 valence electrons. The van der Waals surface area contributed by atoms with E-state index in [-0.39, 0.29) is 0 Å². The van der Waals surface area contributed by atoms with Gasteiger partial charge >= 0.3 is 0 Å². The number of aromatic amines is 1. The summed E-state index contributed by atoms with van der Waals surface area (Å²) in [6, 6.07) is 18.5. The zero-order valence-corrected chi connectivity index (χ0v) is 16.7. The van der Waals surface area contributed by atoms with Gasteiger partial charge in [0.15, 0.2) is 11.5 Å². The Morgan fingerprint density at radius 2 is 1.61 bits per heavy atom. The molecule has 0 amide bonds. The molecule has 0 unspecified atom stereocenters. The van der Waals surface area contributed by atoms with Crippen LogP contribution in [0.5, 0.6) is 11.5 Å². The third-order valence-corrected chi connectivity index (χ3v) is 5.05. The maximum absolute atomic E-state index is 6.06. The van der Waals surface area contributed by atoms with Crippen molar-refractivity contribution in [3.63, 3.8) is 0 Å². The monoisotopic (exact) mass is 372 g/mol. The predicted molar refractivity (Wildman–Crippen MR) is 113 cm³/mol. The SMILES string of the molecule is COc1ccc(-c2nc3cc(C)c(C)cc3[nH]2)cc1OCc1ccc(C)cc1. The highest BCUT2D eigenvalue weighted by Gasteiger charge is 2.11. The summed E-state index contributed by atoms with van der Waals surface area (Å²) < 4.78 is 11.5. The number of rotatable bonds is 5. The summed E-state index contributed by atoms with van der Waals surface area (Å²) in [4.78, 5) is 8.17. The maximum Gasteiger partial charge on any atom is 0.162 e. The van der Waals surface area contributed by atoms with Crippen LogP contribution in [0.15, 0.2) is 54.6 Å². The zero-order valence-electron chi connectivity index (χ0n) is 16.7. The first-order valence-corrected chi connectivity index (χ1v) is 9.37. The second-order valence-electron chi connectivity index (χ2n) is 7.18. The van der Waals surface area contributed by atoms with E-state index in [9.17, 15) is 0 Å². The summed E-state index contributed by atoms with van der Waals surface area (Å²) >= 11 is 0. The Kier molecular flexibility index (Phi) is 4.78. The number of fused-ring (bicyclic) bond motifs is 1. The van der Waals surface area contributed by atoms with Crippen LogP contribution in [0.2, 0.25) is 0 Å². The van der Waals surface area contributed by atoms with Crippen LogP contribution < -0.4 is 9.47 Å².